The van der Waals surface area contributed by atoms with E-state index in [-0.39, 0.29) is 6.04 Å². The van der Waals surface area contributed by atoms with Gasteiger partial charge in [0, 0.05) is 23.4 Å². The Morgan fingerprint density at radius 2 is 1.96 bits per heavy atom. The van der Waals surface area contributed by atoms with Gasteiger partial charge in [-0.2, -0.15) is 22.7 Å². The summed E-state index contributed by atoms with van der Waals surface area (Å²) in [6, 6.07) is 10.2. The average molecular weight is 412 g/mol. The van der Waals surface area contributed by atoms with Crippen molar-refractivity contribution in [1.82, 2.24) is 0 Å². The molecule has 0 spiro atoms. The second kappa shape index (κ2) is 8.52. The zero-order valence-electron chi connectivity index (χ0n) is 14.4. The van der Waals surface area contributed by atoms with Crippen LogP contribution in [0.2, 0.25) is 0 Å². The first-order valence-corrected chi connectivity index (χ1v) is 9.48. The van der Waals surface area contributed by atoms with Crippen LogP contribution in [0.1, 0.15) is 30.1 Å². The standard InChI is InChI=1S/C17H15N2O.CHF3O3S/c1-2-10-19-16-8-4-3-6-13(16)11-14-15(18-12-20)7-5-9-17(14)19;2-1(3,4)8(5,6)7/h1,3-4,6,8,11,15H,5,7,9-10H2;(H,5,6,7)/q+1;/p-1. The summed E-state index contributed by atoms with van der Waals surface area (Å²) in [6.45, 7) is 0.543. The molecule has 1 aliphatic carbocycles. The first kappa shape index (κ1) is 21.6. The maximum atomic E-state index is 10.7. The van der Waals surface area contributed by atoms with Crippen molar-refractivity contribution >= 4 is 27.1 Å². The van der Waals surface area contributed by atoms with Gasteiger partial charge in [-0.05, 0) is 30.9 Å². The monoisotopic (exact) mass is 412 g/mol. The fourth-order valence-corrected chi connectivity index (χ4v) is 3.06. The quantitative estimate of drug-likeness (QED) is 0.189. The number of benzene rings is 1. The van der Waals surface area contributed by atoms with Crippen LogP contribution in [0.3, 0.4) is 0 Å². The van der Waals surface area contributed by atoms with Gasteiger partial charge in [0.1, 0.15) is 0 Å². The average Bonchev–Trinajstić information content (AvgIpc) is 2.61. The van der Waals surface area contributed by atoms with E-state index in [9.17, 15) is 18.0 Å². The van der Waals surface area contributed by atoms with Crippen molar-refractivity contribution in [3.05, 3.63) is 41.6 Å². The molecule has 148 valence electrons. The van der Waals surface area contributed by atoms with Crippen molar-refractivity contribution in [3.8, 4) is 12.3 Å². The lowest BCUT2D eigenvalue weighted by Crippen LogP contribution is -2.41. The molecule has 1 aromatic heterocycles. The third-order valence-corrected chi connectivity index (χ3v) is 4.76. The van der Waals surface area contributed by atoms with Crippen LogP contribution in [0.4, 0.5) is 13.2 Å². The van der Waals surface area contributed by atoms with Gasteiger partial charge in [-0.25, -0.2) is 13.2 Å². The zero-order valence-corrected chi connectivity index (χ0v) is 15.3. The maximum absolute atomic E-state index is 10.7. The van der Waals surface area contributed by atoms with Crippen molar-refractivity contribution in [2.75, 3.05) is 0 Å². The molecule has 2 aromatic rings. The summed E-state index contributed by atoms with van der Waals surface area (Å²) in [7, 11) is -6.09. The third kappa shape index (κ3) is 4.75. The third-order valence-electron chi connectivity index (χ3n) is 4.19. The predicted octanol–water partition coefficient (Wildman–Crippen LogP) is 2.53. The summed E-state index contributed by atoms with van der Waals surface area (Å²) in [5.41, 5.74) is -2.18. The smallest absolute Gasteiger partial charge is 0.485 e. The van der Waals surface area contributed by atoms with E-state index in [1.165, 1.54) is 5.69 Å². The molecule has 0 saturated carbocycles. The van der Waals surface area contributed by atoms with Gasteiger partial charge in [0.2, 0.25) is 18.1 Å². The van der Waals surface area contributed by atoms with Crippen molar-refractivity contribution in [2.24, 2.45) is 4.99 Å². The molecule has 0 bridgehead atoms. The van der Waals surface area contributed by atoms with Crippen LogP contribution in [-0.2, 0) is 27.9 Å². The lowest BCUT2D eigenvalue weighted by atomic mass is 9.90. The molecule has 0 fully saturated rings. The number of aromatic nitrogens is 1. The van der Waals surface area contributed by atoms with Crippen LogP contribution in [0.25, 0.3) is 10.9 Å². The summed E-state index contributed by atoms with van der Waals surface area (Å²) < 4.78 is 61.1. The Kier molecular flexibility index (Phi) is 6.56. The van der Waals surface area contributed by atoms with Crippen molar-refractivity contribution in [1.29, 1.82) is 0 Å². The van der Waals surface area contributed by atoms with Crippen LogP contribution in [-0.4, -0.2) is 24.6 Å². The maximum Gasteiger partial charge on any atom is 0.485 e. The zero-order chi connectivity index (χ0) is 20.9. The van der Waals surface area contributed by atoms with E-state index in [2.05, 4.69) is 33.7 Å². The minimum absolute atomic E-state index is 0.0788. The molecule has 1 heterocycles. The number of alkyl halides is 3. The van der Waals surface area contributed by atoms with Gasteiger partial charge >= 0.3 is 5.51 Å². The van der Waals surface area contributed by atoms with E-state index >= 15 is 0 Å². The molecule has 1 aliphatic rings. The molecule has 3 rings (SSSR count). The van der Waals surface area contributed by atoms with E-state index in [1.807, 2.05) is 12.1 Å². The lowest BCUT2D eigenvalue weighted by Gasteiger charge is -2.20. The normalized spacial score (nSPS) is 16.2. The second-order valence-corrected chi connectivity index (χ2v) is 7.29. The van der Waals surface area contributed by atoms with E-state index in [0.717, 1.165) is 35.7 Å². The molecule has 0 N–H and O–H groups in total. The largest absolute Gasteiger partial charge is 0.741 e. The van der Waals surface area contributed by atoms with E-state index in [0.29, 0.717) is 6.54 Å². The summed E-state index contributed by atoms with van der Waals surface area (Å²) in [6.07, 6.45) is 10.1. The number of hydrogen-bond donors (Lipinski definition) is 0. The number of isocyanates is 1. The van der Waals surface area contributed by atoms with E-state index < -0.39 is 15.6 Å². The number of para-hydroxylation sites is 1. The number of nitrogens with zero attached hydrogens (tertiary/aromatic N) is 2. The van der Waals surface area contributed by atoms with Crippen LogP contribution < -0.4 is 4.57 Å². The SMILES string of the molecule is C#CC[n+]1c2c(cc3ccccc31)C(N=C=O)CCC2.O=S(=O)([O-])C(F)(F)F. The molecule has 0 radical (unpaired) electrons. The molecular formula is C18H15F3N2O4S. The highest BCUT2D eigenvalue weighted by molar-refractivity contribution is 7.86. The summed E-state index contributed by atoms with van der Waals surface area (Å²) in [5, 5.41) is 1.13. The molecule has 1 atom stereocenters. The summed E-state index contributed by atoms with van der Waals surface area (Å²) >= 11 is 0. The van der Waals surface area contributed by atoms with Crippen LogP contribution in [0.15, 0.2) is 35.3 Å². The lowest BCUT2D eigenvalue weighted by molar-refractivity contribution is -0.667. The van der Waals surface area contributed by atoms with Gasteiger partial charge < -0.3 is 4.55 Å². The van der Waals surface area contributed by atoms with Gasteiger partial charge in [-0.1, -0.05) is 12.1 Å². The first-order chi connectivity index (χ1) is 13.1. The minimum atomic E-state index is -6.09. The summed E-state index contributed by atoms with van der Waals surface area (Å²) in [5.74, 6) is 2.73. The van der Waals surface area contributed by atoms with Crippen LogP contribution in [0.5, 0.6) is 0 Å². The van der Waals surface area contributed by atoms with Crippen molar-refractivity contribution in [2.45, 2.75) is 37.4 Å². The molecule has 28 heavy (non-hydrogen) atoms. The molecular weight excluding hydrogens is 397 g/mol. The summed E-state index contributed by atoms with van der Waals surface area (Å²) in [4.78, 5) is 14.6. The van der Waals surface area contributed by atoms with Gasteiger partial charge in [0.15, 0.2) is 15.8 Å². The molecule has 10 heteroatoms. The van der Waals surface area contributed by atoms with Crippen molar-refractivity contribution < 1.29 is 35.5 Å². The number of rotatable bonds is 2. The number of terminal acetylenes is 1. The number of aliphatic imine (C=N–C) groups is 1. The van der Waals surface area contributed by atoms with Gasteiger partial charge in [0.25, 0.3) is 0 Å². The van der Waals surface area contributed by atoms with Gasteiger partial charge in [-0.15, -0.1) is 6.42 Å². The Bertz CT molecular complexity index is 1070. The highest BCUT2D eigenvalue weighted by Gasteiger charge is 2.37. The predicted molar refractivity (Wildman–Crippen MR) is 92.5 cm³/mol. The molecule has 6 nitrogen and oxygen atoms in total. The molecule has 1 unspecified atom stereocenters. The van der Waals surface area contributed by atoms with Gasteiger partial charge in [-0.3, -0.25) is 0 Å². The molecule has 0 amide bonds. The highest BCUT2D eigenvalue weighted by Crippen LogP contribution is 2.32. The number of carbonyl (C=O) groups excluding carboxylic acids is 1. The minimum Gasteiger partial charge on any atom is -0.741 e. The number of hydrogen-bond acceptors (Lipinski definition) is 5. The van der Waals surface area contributed by atoms with E-state index in [4.69, 9.17) is 19.4 Å². The first-order valence-electron chi connectivity index (χ1n) is 8.07. The van der Waals surface area contributed by atoms with Crippen molar-refractivity contribution in [3.63, 3.8) is 0 Å². The molecule has 1 aromatic carbocycles. The molecule has 0 aliphatic heterocycles. The fourth-order valence-electron chi connectivity index (χ4n) is 3.06. The Hall–Kier alpha value is -2.73. The highest BCUT2D eigenvalue weighted by atomic mass is 32.2. The van der Waals surface area contributed by atoms with Crippen LogP contribution >= 0.6 is 0 Å². The second-order valence-electron chi connectivity index (χ2n) is 5.92. The fraction of sp³-hybridized carbons (Fsp3) is 0.333. The Morgan fingerprint density at radius 3 is 2.54 bits per heavy atom. The van der Waals surface area contributed by atoms with E-state index in [1.54, 1.807) is 6.08 Å². The molecule has 0 saturated heterocycles. The number of fused-ring (bicyclic) bond motifs is 2. The van der Waals surface area contributed by atoms with Crippen LogP contribution in [0, 0.1) is 12.3 Å². The number of pyridine rings is 1. The van der Waals surface area contributed by atoms with Gasteiger partial charge in [0.05, 0.1) is 6.04 Å². The number of halogens is 3. The Balaban J connectivity index is 0.000000300. The topological polar surface area (TPSA) is 90.5 Å². The Morgan fingerprint density at radius 1 is 1.32 bits per heavy atom. The Labute approximate surface area is 159 Å².